The zero-order valence-electron chi connectivity index (χ0n) is 12.6. The second kappa shape index (κ2) is 5.95. The molecule has 0 saturated carbocycles. The molecule has 1 aromatic carbocycles. The lowest BCUT2D eigenvalue weighted by molar-refractivity contribution is 0.0688. The highest BCUT2D eigenvalue weighted by Crippen LogP contribution is 2.23. The second-order valence-corrected chi connectivity index (χ2v) is 5.36. The van der Waals surface area contributed by atoms with E-state index < -0.39 is 5.97 Å². The molecular formula is C15H19N3O3. The SMILES string of the molecule is CC(C)Oc1ccc(-n2nnc(C(=O)O)c2C(C)C)cc1. The van der Waals surface area contributed by atoms with Gasteiger partial charge in [0.25, 0.3) is 0 Å². The standard InChI is InChI=1S/C15H19N3O3/c1-9(2)14-13(15(19)20)16-17-18(14)11-5-7-12(8-6-11)21-10(3)4/h5-10H,1-4H3,(H,19,20). The highest BCUT2D eigenvalue weighted by Gasteiger charge is 2.22. The summed E-state index contributed by atoms with van der Waals surface area (Å²) >= 11 is 0. The van der Waals surface area contributed by atoms with Crippen LogP contribution in [0.25, 0.3) is 5.69 Å². The van der Waals surface area contributed by atoms with Crippen LogP contribution in [-0.2, 0) is 0 Å². The average Bonchev–Trinajstić information content (AvgIpc) is 2.83. The van der Waals surface area contributed by atoms with E-state index in [2.05, 4.69) is 10.3 Å². The lowest BCUT2D eigenvalue weighted by Gasteiger charge is -2.12. The Morgan fingerprint density at radius 2 is 1.81 bits per heavy atom. The van der Waals surface area contributed by atoms with Crippen LogP contribution >= 0.6 is 0 Å². The molecule has 2 rings (SSSR count). The number of hydrogen-bond acceptors (Lipinski definition) is 4. The number of nitrogens with zero attached hydrogens (tertiary/aromatic N) is 3. The summed E-state index contributed by atoms with van der Waals surface area (Å²) in [4.78, 5) is 11.2. The third-order valence-electron chi connectivity index (χ3n) is 2.91. The summed E-state index contributed by atoms with van der Waals surface area (Å²) in [6.07, 6.45) is 0.104. The summed E-state index contributed by atoms with van der Waals surface area (Å²) in [6.45, 7) is 7.75. The first-order valence-electron chi connectivity index (χ1n) is 6.86. The normalized spacial score (nSPS) is 11.1. The van der Waals surface area contributed by atoms with Gasteiger partial charge in [-0.25, -0.2) is 9.48 Å². The molecule has 0 saturated heterocycles. The van der Waals surface area contributed by atoms with Crippen LogP contribution in [0.1, 0.15) is 49.8 Å². The van der Waals surface area contributed by atoms with Gasteiger partial charge in [-0.2, -0.15) is 0 Å². The number of carbonyl (C=O) groups is 1. The number of aromatic carboxylic acids is 1. The summed E-state index contributed by atoms with van der Waals surface area (Å²) in [5, 5.41) is 16.9. The van der Waals surface area contributed by atoms with E-state index in [0.29, 0.717) is 5.69 Å². The molecule has 0 radical (unpaired) electrons. The third-order valence-corrected chi connectivity index (χ3v) is 2.91. The van der Waals surface area contributed by atoms with E-state index in [0.717, 1.165) is 11.4 Å². The van der Waals surface area contributed by atoms with Crippen molar-refractivity contribution in [3.63, 3.8) is 0 Å². The fourth-order valence-corrected chi connectivity index (χ4v) is 2.09. The highest BCUT2D eigenvalue weighted by molar-refractivity contribution is 5.86. The zero-order chi connectivity index (χ0) is 15.6. The molecule has 0 amide bonds. The van der Waals surface area contributed by atoms with Crippen molar-refractivity contribution in [1.29, 1.82) is 0 Å². The smallest absolute Gasteiger partial charge is 0.358 e. The molecule has 6 heteroatoms. The fraction of sp³-hybridized carbons (Fsp3) is 0.400. The molecule has 112 valence electrons. The molecule has 1 heterocycles. The Morgan fingerprint density at radius 3 is 2.29 bits per heavy atom. The number of carboxylic acid groups (broad SMARTS) is 1. The molecule has 2 aromatic rings. The number of benzene rings is 1. The van der Waals surface area contributed by atoms with Gasteiger partial charge in [0.1, 0.15) is 5.75 Å². The van der Waals surface area contributed by atoms with Crippen molar-refractivity contribution in [1.82, 2.24) is 15.0 Å². The maximum Gasteiger partial charge on any atom is 0.358 e. The van der Waals surface area contributed by atoms with Crippen LogP contribution in [0, 0.1) is 0 Å². The quantitative estimate of drug-likeness (QED) is 0.915. The maximum atomic E-state index is 11.2. The summed E-state index contributed by atoms with van der Waals surface area (Å²) in [7, 11) is 0. The van der Waals surface area contributed by atoms with Gasteiger partial charge < -0.3 is 9.84 Å². The molecule has 0 aliphatic heterocycles. The van der Waals surface area contributed by atoms with E-state index in [4.69, 9.17) is 4.74 Å². The first-order chi connectivity index (χ1) is 9.90. The lowest BCUT2D eigenvalue weighted by atomic mass is 10.1. The molecule has 1 N–H and O–H groups in total. The Labute approximate surface area is 123 Å². The maximum absolute atomic E-state index is 11.2. The Morgan fingerprint density at radius 1 is 1.19 bits per heavy atom. The van der Waals surface area contributed by atoms with E-state index in [-0.39, 0.29) is 17.7 Å². The number of hydrogen-bond donors (Lipinski definition) is 1. The monoisotopic (exact) mass is 289 g/mol. The van der Waals surface area contributed by atoms with Gasteiger partial charge in [-0.1, -0.05) is 19.1 Å². The van der Waals surface area contributed by atoms with Gasteiger partial charge in [0.15, 0.2) is 5.69 Å². The molecule has 0 spiro atoms. The van der Waals surface area contributed by atoms with Crippen molar-refractivity contribution in [3.8, 4) is 11.4 Å². The molecule has 1 aromatic heterocycles. The summed E-state index contributed by atoms with van der Waals surface area (Å²) in [5.74, 6) is -0.305. The van der Waals surface area contributed by atoms with Gasteiger partial charge in [-0.15, -0.1) is 5.10 Å². The van der Waals surface area contributed by atoms with Crippen molar-refractivity contribution in [2.24, 2.45) is 0 Å². The van der Waals surface area contributed by atoms with E-state index in [9.17, 15) is 9.90 Å². The first-order valence-corrected chi connectivity index (χ1v) is 6.86. The Kier molecular flexibility index (Phi) is 4.26. The minimum atomic E-state index is -1.07. The fourth-order valence-electron chi connectivity index (χ4n) is 2.09. The minimum Gasteiger partial charge on any atom is -0.491 e. The van der Waals surface area contributed by atoms with Crippen molar-refractivity contribution in [2.75, 3.05) is 0 Å². The van der Waals surface area contributed by atoms with Crippen LogP contribution in [0.15, 0.2) is 24.3 Å². The zero-order valence-corrected chi connectivity index (χ0v) is 12.6. The lowest BCUT2D eigenvalue weighted by Crippen LogP contribution is -2.09. The molecule has 0 fully saturated rings. The van der Waals surface area contributed by atoms with Gasteiger partial charge in [0, 0.05) is 0 Å². The molecule has 0 bridgehead atoms. The van der Waals surface area contributed by atoms with Gasteiger partial charge in [-0.05, 0) is 44.0 Å². The summed E-state index contributed by atoms with van der Waals surface area (Å²) in [6, 6.07) is 7.34. The van der Waals surface area contributed by atoms with Crippen molar-refractivity contribution in [2.45, 2.75) is 39.7 Å². The Bertz CT molecular complexity index is 630. The topological polar surface area (TPSA) is 77.2 Å². The predicted molar refractivity (Wildman–Crippen MR) is 78.2 cm³/mol. The summed E-state index contributed by atoms with van der Waals surface area (Å²) in [5.41, 5.74) is 1.34. The Balaban J connectivity index is 2.40. The van der Waals surface area contributed by atoms with Gasteiger partial charge in [-0.3, -0.25) is 0 Å². The van der Waals surface area contributed by atoms with E-state index in [1.54, 1.807) is 4.68 Å². The minimum absolute atomic E-state index is 0.00214. The van der Waals surface area contributed by atoms with Gasteiger partial charge in [0.05, 0.1) is 17.5 Å². The second-order valence-electron chi connectivity index (χ2n) is 5.36. The van der Waals surface area contributed by atoms with Crippen LogP contribution in [0.4, 0.5) is 0 Å². The summed E-state index contributed by atoms with van der Waals surface area (Å²) < 4.78 is 7.15. The van der Waals surface area contributed by atoms with Crippen LogP contribution in [0.5, 0.6) is 5.75 Å². The average molecular weight is 289 g/mol. The van der Waals surface area contributed by atoms with E-state index in [1.165, 1.54) is 0 Å². The molecule has 0 aliphatic rings. The first kappa shape index (κ1) is 15.0. The molecule has 6 nitrogen and oxygen atoms in total. The van der Waals surface area contributed by atoms with E-state index >= 15 is 0 Å². The van der Waals surface area contributed by atoms with E-state index in [1.807, 2.05) is 52.0 Å². The van der Waals surface area contributed by atoms with Gasteiger partial charge in [0.2, 0.25) is 0 Å². The predicted octanol–water partition coefficient (Wildman–Crippen LogP) is 2.88. The molecule has 0 unspecified atom stereocenters. The van der Waals surface area contributed by atoms with Crippen LogP contribution in [0.2, 0.25) is 0 Å². The Hall–Kier alpha value is -2.37. The van der Waals surface area contributed by atoms with Crippen LogP contribution in [0.3, 0.4) is 0 Å². The largest absolute Gasteiger partial charge is 0.491 e. The number of ether oxygens (including phenoxy) is 1. The number of rotatable bonds is 5. The van der Waals surface area contributed by atoms with Crippen molar-refractivity contribution >= 4 is 5.97 Å². The van der Waals surface area contributed by atoms with Crippen LogP contribution < -0.4 is 4.74 Å². The molecule has 0 aliphatic carbocycles. The number of carboxylic acids is 1. The van der Waals surface area contributed by atoms with Crippen molar-refractivity contribution < 1.29 is 14.6 Å². The third kappa shape index (κ3) is 3.21. The number of aromatic nitrogens is 3. The molecule has 0 atom stereocenters. The van der Waals surface area contributed by atoms with Gasteiger partial charge >= 0.3 is 5.97 Å². The van der Waals surface area contributed by atoms with Crippen LogP contribution in [-0.4, -0.2) is 32.2 Å². The van der Waals surface area contributed by atoms with Crippen molar-refractivity contribution in [3.05, 3.63) is 35.7 Å². The highest BCUT2D eigenvalue weighted by atomic mass is 16.5. The molecule has 21 heavy (non-hydrogen) atoms. The molecular weight excluding hydrogens is 270 g/mol.